The van der Waals surface area contributed by atoms with Gasteiger partial charge in [0.2, 0.25) is 0 Å². The lowest BCUT2D eigenvalue weighted by Gasteiger charge is -2.16. The summed E-state index contributed by atoms with van der Waals surface area (Å²) in [4.78, 5) is 0. The molecule has 0 saturated carbocycles. The van der Waals surface area contributed by atoms with Crippen LogP contribution in [0.2, 0.25) is 0 Å². The SMILES string of the molecule is CCCNCC(C)NCc1cccc(C(F)(F)F)c1F. The molecule has 20 heavy (non-hydrogen) atoms. The molecule has 1 aromatic carbocycles. The Balaban J connectivity index is 2.60. The molecule has 6 heteroatoms. The molecule has 0 aromatic heterocycles. The van der Waals surface area contributed by atoms with Crippen LogP contribution in [0.25, 0.3) is 0 Å². The lowest BCUT2D eigenvalue weighted by atomic mass is 10.1. The number of nitrogens with one attached hydrogen (secondary N) is 2. The average Bonchev–Trinajstić information content (AvgIpc) is 2.36. The highest BCUT2D eigenvalue weighted by molar-refractivity contribution is 5.28. The molecular formula is C14H20F4N2. The molecule has 0 fully saturated rings. The lowest BCUT2D eigenvalue weighted by Crippen LogP contribution is -2.36. The molecule has 1 aromatic rings. The molecule has 0 saturated heterocycles. The third kappa shape index (κ3) is 5.09. The number of benzene rings is 1. The van der Waals surface area contributed by atoms with Crippen molar-refractivity contribution in [2.24, 2.45) is 0 Å². The van der Waals surface area contributed by atoms with Gasteiger partial charge in [-0.25, -0.2) is 4.39 Å². The number of alkyl halides is 3. The molecule has 0 radical (unpaired) electrons. The van der Waals surface area contributed by atoms with Crippen LogP contribution in [-0.2, 0) is 12.7 Å². The van der Waals surface area contributed by atoms with E-state index >= 15 is 0 Å². The summed E-state index contributed by atoms with van der Waals surface area (Å²) < 4.78 is 51.4. The van der Waals surface area contributed by atoms with Gasteiger partial charge in [-0.2, -0.15) is 13.2 Å². The minimum absolute atomic E-state index is 0.0298. The first kappa shape index (κ1) is 16.9. The van der Waals surface area contributed by atoms with Crippen molar-refractivity contribution in [3.05, 3.63) is 35.1 Å². The molecule has 0 aliphatic heterocycles. The summed E-state index contributed by atoms with van der Waals surface area (Å²) in [6.07, 6.45) is -3.65. The summed E-state index contributed by atoms with van der Waals surface area (Å²) in [6.45, 7) is 5.58. The van der Waals surface area contributed by atoms with Gasteiger partial charge in [-0.05, 0) is 26.0 Å². The molecule has 0 spiro atoms. The summed E-state index contributed by atoms with van der Waals surface area (Å²) in [5.41, 5.74) is -1.18. The fourth-order valence-electron chi connectivity index (χ4n) is 1.79. The number of hydrogen-bond acceptors (Lipinski definition) is 2. The predicted octanol–water partition coefficient (Wildman–Crippen LogP) is 3.32. The molecule has 0 aliphatic rings. The highest BCUT2D eigenvalue weighted by Gasteiger charge is 2.34. The molecule has 114 valence electrons. The van der Waals surface area contributed by atoms with Gasteiger partial charge in [-0.1, -0.05) is 19.1 Å². The van der Waals surface area contributed by atoms with Crippen molar-refractivity contribution in [2.75, 3.05) is 13.1 Å². The summed E-state index contributed by atoms with van der Waals surface area (Å²) in [5.74, 6) is -1.19. The minimum Gasteiger partial charge on any atom is -0.315 e. The Morgan fingerprint density at radius 2 is 1.95 bits per heavy atom. The zero-order valence-electron chi connectivity index (χ0n) is 11.6. The van der Waals surface area contributed by atoms with Crippen molar-refractivity contribution in [3.8, 4) is 0 Å². The summed E-state index contributed by atoms with van der Waals surface area (Å²) in [6, 6.07) is 3.40. The van der Waals surface area contributed by atoms with Crippen LogP contribution in [0.15, 0.2) is 18.2 Å². The van der Waals surface area contributed by atoms with Crippen LogP contribution in [0.4, 0.5) is 17.6 Å². The molecule has 0 bridgehead atoms. The van der Waals surface area contributed by atoms with E-state index in [2.05, 4.69) is 10.6 Å². The number of hydrogen-bond donors (Lipinski definition) is 2. The summed E-state index contributed by atoms with van der Waals surface area (Å²) >= 11 is 0. The van der Waals surface area contributed by atoms with Crippen molar-refractivity contribution in [1.29, 1.82) is 0 Å². The van der Waals surface area contributed by atoms with Gasteiger partial charge in [0.25, 0.3) is 0 Å². The van der Waals surface area contributed by atoms with Gasteiger partial charge in [0.05, 0.1) is 5.56 Å². The van der Waals surface area contributed by atoms with E-state index in [4.69, 9.17) is 0 Å². The second kappa shape index (κ2) is 7.59. The van der Waals surface area contributed by atoms with Gasteiger partial charge >= 0.3 is 6.18 Å². The Kier molecular flexibility index (Phi) is 6.42. The van der Waals surface area contributed by atoms with Gasteiger partial charge < -0.3 is 10.6 Å². The van der Waals surface area contributed by atoms with Crippen molar-refractivity contribution in [1.82, 2.24) is 10.6 Å². The van der Waals surface area contributed by atoms with Gasteiger partial charge in [0.1, 0.15) is 5.82 Å². The normalized spacial score (nSPS) is 13.5. The molecule has 1 rings (SSSR count). The van der Waals surface area contributed by atoms with E-state index in [0.29, 0.717) is 6.54 Å². The highest BCUT2D eigenvalue weighted by Crippen LogP contribution is 2.32. The van der Waals surface area contributed by atoms with Gasteiger partial charge in [-0.15, -0.1) is 0 Å². The quantitative estimate of drug-likeness (QED) is 0.595. The van der Waals surface area contributed by atoms with Gasteiger partial charge in [0.15, 0.2) is 0 Å². The summed E-state index contributed by atoms with van der Waals surface area (Å²) in [5, 5.41) is 6.19. The van der Waals surface area contributed by atoms with Crippen LogP contribution in [0.5, 0.6) is 0 Å². The molecule has 2 N–H and O–H groups in total. The van der Waals surface area contributed by atoms with E-state index in [9.17, 15) is 17.6 Å². The van der Waals surface area contributed by atoms with Crippen molar-refractivity contribution in [3.63, 3.8) is 0 Å². The van der Waals surface area contributed by atoms with Gasteiger partial charge in [0, 0.05) is 24.7 Å². The Labute approximate surface area is 116 Å². The van der Waals surface area contributed by atoms with Crippen molar-refractivity contribution < 1.29 is 17.6 Å². The zero-order valence-corrected chi connectivity index (χ0v) is 11.6. The maximum Gasteiger partial charge on any atom is 0.419 e. The Hall–Kier alpha value is -1.14. The zero-order chi connectivity index (χ0) is 15.2. The average molecular weight is 292 g/mol. The minimum atomic E-state index is -4.66. The lowest BCUT2D eigenvalue weighted by molar-refractivity contribution is -0.140. The number of halogens is 4. The predicted molar refractivity (Wildman–Crippen MR) is 70.9 cm³/mol. The van der Waals surface area contributed by atoms with Crippen molar-refractivity contribution in [2.45, 2.75) is 39.0 Å². The second-order valence-corrected chi connectivity index (χ2v) is 4.76. The van der Waals surface area contributed by atoms with Crippen LogP contribution in [0.3, 0.4) is 0 Å². The third-order valence-electron chi connectivity index (χ3n) is 2.90. The Bertz CT molecular complexity index is 418. The maximum atomic E-state index is 13.7. The van der Waals surface area contributed by atoms with Crippen molar-refractivity contribution >= 4 is 0 Å². The standard InChI is InChI=1S/C14H20F4N2/c1-3-7-19-8-10(2)20-9-11-5-4-6-12(13(11)15)14(16,17)18/h4-6,10,19-20H,3,7-9H2,1-2H3. The molecular weight excluding hydrogens is 272 g/mol. The molecule has 1 unspecified atom stereocenters. The first-order valence-electron chi connectivity index (χ1n) is 6.65. The fourth-order valence-corrected chi connectivity index (χ4v) is 1.79. The smallest absolute Gasteiger partial charge is 0.315 e. The molecule has 0 amide bonds. The van der Waals surface area contributed by atoms with Gasteiger partial charge in [-0.3, -0.25) is 0 Å². The highest BCUT2D eigenvalue weighted by atomic mass is 19.4. The Morgan fingerprint density at radius 1 is 1.25 bits per heavy atom. The molecule has 0 aliphatic carbocycles. The van der Waals surface area contributed by atoms with E-state index in [1.165, 1.54) is 12.1 Å². The Morgan fingerprint density at radius 3 is 2.55 bits per heavy atom. The van der Waals surface area contributed by atoms with Crippen LogP contribution < -0.4 is 10.6 Å². The van der Waals surface area contributed by atoms with E-state index < -0.39 is 17.6 Å². The summed E-state index contributed by atoms with van der Waals surface area (Å²) in [7, 11) is 0. The first-order valence-corrected chi connectivity index (χ1v) is 6.65. The van der Waals surface area contributed by atoms with E-state index in [1.807, 2.05) is 13.8 Å². The van der Waals surface area contributed by atoms with Crippen LogP contribution in [-0.4, -0.2) is 19.1 Å². The third-order valence-corrected chi connectivity index (χ3v) is 2.90. The first-order chi connectivity index (χ1) is 9.36. The second-order valence-electron chi connectivity index (χ2n) is 4.76. The molecule has 0 heterocycles. The van der Waals surface area contributed by atoms with E-state index in [1.54, 1.807) is 0 Å². The topological polar surface area (TPSA) is 24.1 Å². The van der Waals surface area contributed by atoms with Crippen LogP contribution in [0, 0.1) is 5.82 Å². The maximum absolute atomic E-state index is 13.7. The van der Waals surface area contributed by atoms with Crippen LogP contribution in [0.1, 0.15) is 31.4 Å². The molecule has 1 atom stereocenters. The van der Waals surface area contributed by atoms with E-state index in [-0.39, 0.29) is 18.2 Å². The van der Waals surface area contributed by atoms with Crippen LogP contribution >= 0.6 is 0 Å². The largest absolute Gasteiger partial charge is 0.419 e. The monoisotopic (exact) mass is 292 g/mol. The van der Waals surface area contributed by atoms with E-state index in [0.717, 1.165) is 19.0 Å². The number of rotatable bonds is 7. The molecule has 2 nitrogen and oxygen atoms in total. The fraction of sp³-hybridized carbons (Fsp3) is 0.571.